The van der Waals surface area contributed by atoms with E-state index in [1.54, 1.807) is 25.1 Å². The number of phenolic OH excluding ortho intramolecular Hbond substituents is 1. The Labute approximate surface area is 139 Å². The van der Waals surface area contributed by atoms with Crippen LogP contribution in [0, 0.1) is 0 Å². The summed E-state index contributed by atoms with van der Waals surface area (Å²) in [5.74, 6) is 0.551. The van der Waals surface area contributed by atoms with E-state index in [9.17, 15) is 9.90 Å². The minimum atomic E-state index is -0.399. The largest absolute Gasteiger partial charge is 0.504 e. The number of nitrogens with one attached hydrogen (secondary N) is 1. The van der Waals surface area contributed by atoms with Crippen molar-refractivity contribution in [2.75, 3.05) is 7.11 Å². The fraction of sp³-hybridized carbons (Fsp3) is 0.211. The van der Waals surface area contributed by atoms with E-state index in [2.05, 4.69) is 5.32 Å². The van der Waals surface area contributed by atoms with Crippen LogP contribution in [0.1, 0.15) is 24.2 Å². The van der Waals surface area contributed by atoms with Gasteiger partial charge in [-0.2, -0.15) is 0 Å². The monoisotopic (exact) mass is 325 g/mol. The van der Waals surface area contributed by atoms with Gasteiger partial charge in [0.1, 0.15) is 11.3 Å². The summed E-state index contributed by atoms with van der Waals surface area (Å²) in [7, 11) is 1.49. The van der Waals surface area contributed by atoms with Crippen LogP contribution in [0.4, 0.5) is 0 Å². The first kappa shape index (κ1) is 15.9. The second-order valence-corrected chi connectivity index (χ2v) is 5.63. The number of aromatic hydroxyl groups is 1. The number of carbonyl (C=O) groups excluding carboxylic acids is 1. The summed E-state index contributed by atoms with van der Waals surface area (Å²) >= 11 is 0. The fourth-order valence-corrected chi connectivity index (χ4v) is 2.53. The van der Waals surface area contributed by atoms with E-state index < -0.39 is 5.92 Å². The zero-order valence-electron chi connectivity index (χ0n) is 13.6. The van der Waals surface area contributed by atoms with Gasteiger partial charge < -0.3 is 19.6 Å². The zero-order valence-corrected chi connectivity index (χ0v) is 13.6. The molecule has 5 nitrogen and oxygen atoms in total. The van der Waals surface area contributed by atoms with Crippen molar-refractivity contribution in [1.82, 2.24) is 5.32 Å². The molecule has 2 N–H and O–H groups in total. The molecular formula is C19H19NO4. The number of benzene rings is 2. The highest BCUT2D eigenvalue weighted by Crippen LogP contribution is 2.27. The molecule has 0 spiro atoms. The number of fused-ring (bicyclic) bond motifs is 1. The van der Waals surface area contributed by atoms with Crippen LogP contribution < -0.4 is 10.1 Å². The number of rotatable bonds is 5. The molecule has 3 rings (SSSR count). The molecular weight excluding hydrogens is 306 g/mol. The van der Waals surface area contributed by atoms with Crippen LogP contribution in [0.2, 0.25) is 0 Å². The molecule has 3 aromatic rings. The van der Waals surface area contributed by atoms with Crippen LogP contribution in [0.5, 0.6) is 11.5 Å². The first-order valence-electron chi connectivity index (χ1n) is 7.70. The Kier molecular flexibility index (Phi) is 4.42. The quantitative estimate of drug-likeness (QED) is 0.752. The van der Waals surface area contributed by atoms with Crippen molar-refractivity contribution in [2.45, 2.75) is 19.4 Å². The molecule has 5 heteroatoms. The average molecular weight is 325 g/mol. The predicted octanol–water partition coefficient (Wildman–Crippen LogP) is 3.57. The minimum Gasteiger partial charge on any atom is -0.504 e. The molecule has 124 valence electrons. The Morgan fingerprint density at radius 3 is 2.75 bits per heavy atom. The Morgan fingerprint density at radius 1 is 1.25 bits per heavy atom. The molecule has 0 unspecified atom stereocenters. The van der Waals surface area contributed by atoms with Crippen molar-refractivity contribution in [3.8, 4) is 11.5 Å². The SMILES string of the molecule is COc1ccc(CNC(=O)[C@H](C)c2cc3ccccc3o2)cc1O. The van der Waals surface area contributed by atoms with Crippen LogP contribution in [0.15, 0.2) is 52.9 Å². The molecule has 0 saturated carbocycles. The first-order valence-corrected chi connectivity index (χ1v) is 7.70. The number of hydrogen-bond donors (Lipinski definition) is 2. The number of ether oxygens (including phenoxy) is 1. The second kappa shape index (κ2) is 6.66. The molecule has 1 atom stereocenters. The predicted molar refractivity (Wildman–Crippen MR) is 91.1 cm³/mol. The van der Waals surface area contributed by atoms with E-state index in [0.717, 1.165) is 16.5 Å². The van der Waals surface area contributed by atoms with Gasteiger partial charge in [0, 0.05) is 11.9 Å². The maximum atomic E-state index is 12.3. The van der Waals surface area contributed by atoms with E-state index in [1.165, 1.54) is 7.11 Å². The topological polar surface area (TPSA) is 71.7 Å². The summed E-state index contributed by atoms with van der Waals surface area (Å²) in [5, 5.41) is 13.6. The number of furan rings is 1. The lowest BCUT2D eigenvalue weighted by Crippen LogP contribution is -2.27. The molecule has 1 heterocycles. The normalized spacial score (nSPS) is 12.1. The van der Waals surface area contributed by atoms with E-state index in [4.69, 9.17) is 9.15 Å². The lowest BCUT2D eigenvalue weighted by molar-refractivity contribution is -0.122. The number of amides is 1. The van der Waals surface area contributed by atoms with Crippen LogP contribution in [0.25, 0.3) is 11.0 Å². The van der Waals surface area contributed by atoms with Crippen LogP contribution >= 0.6 is 0 Å². The summed E-state index contributed by atoms with van der Waals surface area (Å²) in [6.45, 7) is 2.12. The Bertz CT molecular complexity index is 836. The van der Waals surface area contributed by atoms with Crippen molar-refractivity contribution < 1.29 is 19.1 Å². The number of hydrogen-bond acceptors (Lipinski definition) is 4. The summed E-state index contributed by atoms with van der Waals surface area (Å²) in [4.78, 5) is 12.3. The standard InChI is InChI=1S/C19H19NO4/c1-12(18-10-14-5-3-4-6-16(14)24-18)19(22)20-11-13-7-8-17(23-2)15(21)9-13/h3-10,12,21H,11H2,1-2H3,(H,20,22)/t12-/m1/s1. The van der Waals surface area contributed by atoms with Gasteiger partial charge in [0.25, 0.3) is 0 Å². The number of carbonyl (C=O) groups is 1. The average Bonchev–Trinajstić information content (AvgIpc) is 3.03. The fourth-order valence-electron chi connectivity index (χ4n) is 2.53. The van der Waals surface area contributed by atoms with E-state index >= 15 is 0 Å². The van der Waals surface area contributed by atoms with Gasteiger partial charge in [0.15, 0.2) is 11.5 Å². The Balaban J connectivity index is 1.66. The zero-order chi connectivity index (χ0) is 17.1. The third-order valence-corrected chi connectivity index (χ3v) is 3.97. The maximum absolute atomic E-state index is 12.3. The molecule has 2 aromatic carbocycles. The van der Waals surface area contributed by atoms with Crippen LogP contribution in [-0.4, -0.2) is 18.1 Å². The Morgan fingerprint density at radius 2 is 2.04 bits per heavy atom. The number of para-hydroxylation sites is 1. The minimum absolute atomic E-state index is 0.0505. The van der Waals surface area contributed by atoms with Gasteiger partial charge >= 0.3 is 0 Å². The molecule has 1 aromatic heterocycles. The van der Waals surface area contributed by atoms with E-state index in [-0.39, 0.29) is 11.7 Å². The summed E-state index contributed by atoms with van der Waals surface area (Å²) in [5.41, 5.74) is 1.56. The molecule has 0 aliphatic rings. The Hall–Kier alpha value is -2.95. The van der Waals surface area contributed by atoms with Gasteiger partial charge in [-0.05, 0) is 36.8 Å². The molecule has 0 aliphatic carbocycles. The third kappa shape index (κ3) is 3.20. The smallest absolute Gasteiger partial charge is 0.230 e. The lowest BCUT2D eigenvalue weighted by atomic mass is 10.1. The lowest BCUT2D eigenvalue weighted by Gasteiger charge is -2.11. The second-order valence-electron chi connectivity index (χ2n) is 5.63. The third-order valence-electron chi connectivity index (χ3n) is 3.97. The van der Waals surface area contributed by atoms with Crippen molar-refractivity contribution in [1.29, 1.82) is 0 Å². The van der Waals surface area contributed by atoms with Crippen molar-refractivity contribution in [3.05, 3.63) is 59.9 Å². The van der Waals surface area contributed by atoms with Crippen molar-refractivity contribution in [2.24, 2.45) is 0 Å². The van der Waals surface area contributed by atoms with Gasteiger partial charge in [-0.15, -0.1) is 0 Å². The molecule has 0 saturated heterocycles. The van der Waals surface area contributed by atoms with E-state index in [1.807, 2.05) is 30.3 Å². The number of phenols is 1. The highest BCUT2D eigenvalue weighted by atomic mass is 16.5. The molecule has 1 amide bonds. The molecule has 0 aliphatic heterocycles. The van der Waals surface area contributed by atoms with Gasteiger partial charge in [-0.3, -0.25) is 4.79 Å². The number of methoxy groups -OCH3 is 1. The van der Waals surface area contributed by atoms with Gasteiger partial charge in [-0.25, -0.2) is 0 Å². The van der Waals surface area contributed by atoms with E-state index in [0.29, 0.717) is 18.1 Å². The van der Waals surface area contributed by atoms with Gasteiger partial charge in [0.05, 0.1) is 13.0 Å². The van der Waals surface area contributed by atoms with Gasteiger partial charge in [0.2, 0.25) is 5.91 Å². The van der Waals surface area contributed by atoms with Crippen LogP contribution in [-0.2, 0) is 11.3 Å². The highest BCUT2D eigenvalue weighted by Gasteiger charge is 2.19. The van der Waals surface area contributed by atoms with Crippen molar-refractivity contribution >= 4 is 16.9 Å². The van der Waals surface area contributed by atoms with Gasteiger partial charge in [-0.1, -0.05) is 24.3 Å². The van der Waals surface area contributed by atoms with Crippen LogP contribution in [0.3, 0.4) is 0 Å². The summed E-state index contributed by atoms with van der Waals surface area (Å²) in [6, 6.07) is 14.6. The van der Waals surface area contributed by atoms with Crippen molar-refractivity contribution in [3.63, 3.8) is 0 Å². The maximum Gasteiger partial charge on any atom is 0.230 e. The first-order chi connectivity index (χ1) is 11.6. The summed E-state index contributed by atoms with van der Waals surface area (Å²) < 4.78 is 10.7. The molecule has 0 bridgehead atoms. The molecule has 0 radical (unpaired) electrons. The molecule has 0 fully saturated rings. The molecule has 24 heavy (non-hydrogen) atoms. The highest BCUT2D eigenvalue weighted by molar-refractivity contribution is 5.85. The summed E-state index contributed by atoms with van der Waals surface area (Å²) in [6.07, 6.45) is 0.